The summed E-state index contributed by atoms with van der Waals surface area (Å²) < 4.78 is 6.30. The van der Waals surface area contributed by atoms with Crippen molar-refractivity contribution < 1.29 is 9.32 Å². The minimum Gasteiger partial charge on any atom is -0.337 e. The number of carbonyl (C=O) groups excluding carboxylic acids is 1. The Hall–Kier alpha value is -2.58. The van der Waals surface area contributed by atoms with Gasteiger partial charge in [0.1, 0.15) is 0 Å². The van der Waals surface area contributed by atoms with E-state index in [-0.39, 0.29) is 11.9 Å². The first kappa shape index (κ1) is 18.8. The molecule has 144 valence electrons. The van der Waals surface area contributed by atoms with Gasteiger partial charge in [-0.05, 0) is 28.9 Å². The molecule has 0 bridgehead atoms. The standard InChI is InChI=1S/C20H20BrN5O2/c1-14(19-23-18(24-28-19)15-5-3-2-4-6-15)25-7-9-26(10-8-25)20(27)16-11-17(21)13-22-12-16/h2-6,11-14H,7-10H2,1H3. The van der Waals surface area contributed by atoms with Gasteiger partial charge in [-0.15, -0.1) is 0 Å². The van der Waals surface area contributed by atoms with Gasteiger partial charge < -0.3 is 9.42 Å². The summed E-state index contributed by atoms with van der Waals surface area (Å²) in [5.41, 5.74) is 1.53. The molecule has 0 saturated carbocycles. The van der Waals surface area contributed by atoms with Crippen LogP contribution in [0.15, 0.2) is 57.8 Å². The van der Waals surface area contributed by atoms with Gasteiger partial charge >= 0.3 is 0 Å². The lowest BCUT2D eigenvalue weighted by molar-refractivity contribution is 0.0551. The summed E-state index contributed by atoms with van der Waals surface area (Å²) in [6.07, 6.45) is 3.27. The van der Waals surface area contributed by atoms with Gasteiger partial charge in [-0.1, -0.05) is 35.5 Å². The molecule has 1 atom stereocenters. The normalized spacial score (nSPS) is 16.1. The summed E-state index contributed by atoms with van der Waals surface area (Å²) in [7, 11) is 0. The van der Waals surface area contributed by atoms with E-state index < -0.39 is 0 Å². The second-order valence-electron chi connectivity index (χ2n) is 6.72. The fourth-order valence-corrected chi connectivity index (χ4v) is 3.65. The Kier molecular flexibility index (Phi) is 5.50. The monoisotopic (exact) mass is 441 g/mol. The number of aromatic nitrogens is 3. The first-order chi connectivity index (χ1) is 13.6. The zero-order valence-electron chi connectivity index (χ0n) is 15.5. The quantitative estimate of drug-likeness (QED) is 0.617. The zero-order valence-corrected chi connectivity index (χ0v) is 17.0. The minimum atomic E-state index is -0.00486. The first-order valence-corrected chi connectivity index (χ1v) is 9.94. The molecular weight excluding hydrogens is 422 g/mol. The Morgan fingerprint density at radius 2 is 1.89 bits per heavy atom. The van der Waals surface area contributed by atoms with Gasteiger partial charge in [-0.25, -0.2) is 0 Å². The highest BCUT2D eigenvalue weighted by atomic mass is 79.9. The molecule has 4 rings (SSSR count). The summed E-state index contributed by atoms with van der Waals surface area (Å²) in [5, 5.41) is 4.10. The van der Waals surface area contributed by atoms with Crippen molar-refractivity contribution in [1.82, 2.24) is 24.9 Å². The predicted octanol–water partition coefficient (Wildman–Crippen LogP) is 3.41. The first-order valence-electron chi connectivity index (χ1n) is 9.15. The highest BCUT2D eigenvalue weighted by Crippen LogP contribution is 2.24. The summed E-state index contributed by atoms with van der Waals surface area (Å²) in [4.78, 5) is 25.4. The van der Waals surface area contributed by atoms with E-state index in [0.717, 1.165) is 23.1 Å². The number of benzene rings is 1. The minimum absolute atomic E-state index is 0.00486. The molecule has 1 aliphatic heterocycles. The number of carbonyl (C=O) groups is 1. The summed E-state index contributed by atoms with van der Waals surface area (Å²) >= 11 is 3.36. The van der Waals surface area contributed by atoms with Gasteiger partial charge in [0.2, 0.25) is 11.7 Å². The van der Waals surface area contributed by atoms with Crippen LogP contribution in [0.3, 0.4) is 0 Å². The van der Waals surface area contributed by atoms with E-state index in [1.165, 1.54) is 0 Å². The molecule has 1 unspecified atom stereocenters. The number of amides is 1. The van der Waals surface area contributed by atoms with Gasteiger partial charge in [0, 0.05) is 48.6 Å². The molecule has 0 radical (unpaired) electrons. The van der Waals surface area contributed by atoms with Crippen molar-refractivity contribution in [3.63, 3.8) is 0 Å². The molecule has 1 saturated heterocycles. The van der Waals surface area contributed by atoms with Crippen LogP contribution >= 0.6 is 15.9 Å². The Labute approximate surface area is 171 Å². The van der Waals surface area contributed by atoms with Crippen LogP contribution < -0.4 is 0 Å². The molecule has 2 aromatic heterocycles. The number of halogens is 1. The maximum atomic E-state index is 12.7. The van der Waals surface area contributed by atoms with Crippen LogP contribution in [-0.4, -0.2) is 57.0 Å². The molecule has 1 amide bonds. The van der Waals surface area contributed by atoms with E-state index in [4.69, 9.17) is 4.52 Å². The fraction of sp³-hybridized carbons (Fsp3) is 0.300. The smallest absolute Gasteiger partial charge is 0.255 e. The van der Waals surface area contributed by atoms with Crippen LogP contribution in [0.2, 0.25) is 0 Å². The number of pyridine rings is 1. The van der Waals surface area contributed by atoms with Crippen molar-refractivity contribution in [1.29, 1.82) is 0 Å². The number of hydrogen-bond donors (Lipinski definition) is 0. The van der Waals surface area contributed by atoms with Gasteiger partial charge in [-0.2, -0.15) is 4.98 Å². The van der Waals surface area contributed by atoms with Crippen molar-refractivity contribution in [3.8, 4) is 11.4 Å². The highest BCUT2D eigenvalue weighted by molar-refractivity contribution is 9.10. The van der Waals surface area contributed by atoms with Crippen LogP contribution in [0.1, 0.15) is 29.2 Å². The third kappa shape index (κ3) is 3.98. The second kappa shape index (κ2) is 8.20. The number of rotatable bonds is 4. The highest BCUT2D eigenvalue weighted by Gasteiger charge is 2.28. The summed E-state index contributed by atoms with van der Waals surface area (Å²) in [6.45, 7) is 4.84. The van der Waals surface area contributed by atoms with Crippen LogP contribution in [0.25, 0.3) is 11.4 Å². The van der Waals surface area contributed by atoms with Crippen molar-refractivity contribution in [2.45, 2.75) is 13.0 Å². The molecule has 0 spiro atoms. The van der Waals surface area contributed by atoms with E-state index in [0.29, 0.717) is 30.4 Å². The third-order valence-corrected chi connectivity index (χ3v) is 5.37. The average Bonchev–Trinajstić information content (AvgIpc) is 3.24. The van der Waals surface area contributed by atoms with Crippen molar-refractivity contribution in [2.24, 2.45) is 0 Å². The maximum Gasteiger partial charge on any atom is 0.255 e. The molecule has 1 aromatic carbocycles. The molecule has 7 nitrogen and oxygen atoms in total. The lowest BCUT2D eigenvalue weighted by Gasteiger charge is -2.36. The predicted molar refractivity (Wildman–Crippen MR) is 108 cm³/mol. The number of piperazine rings is 1. The van der Waals surface area contributed by atoms with Crippen LogP contribution in [0.4, 0.5) is 0 Å². The van der Waals surface area contributed by atoms with Gasteiger partial charge in [0.25, 0.3) is 5.91 Å². The van der Waals surface area contributed by atoms with Crippen LogP contribution in [0, 0.1) is 0 Å². The van der Waals surface area contributed by atoms with Gasteiger partial charge in [-0.3, -0.25) is 14.7 Å². The largest absolute Gasteiger partial charge is 0.337 e. The molecule has 28 heavy (non-hydrogen) atoms. The average molecular weight is 442 g/mol. The van der Waals surface area contributed by atoms with E-state index in [2.05, 4.69) is 42.9 Å². The molecule has 1 fully saturated rings. The molecule has 3 heterocycles. The van der Waals surface area contributed by atoms with Crippen molar-refractivity contribution in [3.05, 3.63) is 64.7 Å². The van der Waals surface area contributed by atoms with Crippen molar-refractivity contribution in [2.75, 3.05) is 26.2 Å². The lowest BCUT2D eigenvalue weighted by Crippen LogP contribution is -2.49. The van der Waals surface area contributed by atoms with Crippen LogP contribution in [0.5, 0.6) is 0 Å². The Morgan fingerprint density at radius 3 is 2.61 bits per heavy atom. The SMILES string of the molecule is CC(c1nc(-c2ccccc2)no1)N1CCN(C(=O)c2cncc(Br)c2)CC1. The zero-order chi connectivity index (χ0) is 19.5. The van der Waals surface area contributed by atoms with E-state index in [9.17, 15) is 4.79 Å². The Morgan fingerprint density at radius 1 is 1.14 bits per heavy atom. The summed E-state index contributed by atoms with van der Waals surface area (Å²) in [6, 6.07) is 11.6. The molecule has 3 aromatic rings. The topological polar surface area (TPSA) is 75.4 Å². The van der Waals surface area contributed by atoms with Crippen LogP contribution in [-0.2, 0) is 0 Å². The van der Waals surface area contributed by atoms with Crippen molar-refractivity contribution >= 4 is 21.8 Å². The molecule has 0 aliphatic carbocycles. The number of nitrogens with zero attached hydrogens (tertiary/aromatic N) is 5. The van der Waals surface area contributed by atoms with E-state index in [1.807, 2.05) is 35.2 Å². The maximum absolute atomic E-state index is 12.7. The van der Waals surface area contributed by atoms with E-state index in [1.54, 1.807) is 18.5 Å². The number of hydrogen-bond acceptors (Lipinski definition) is 6. The third-order valence-electron chi connectivity index (χ3n) is 4.93. The summed E-state index contributed by atoms with van der Waals surface area (Å²) in [5.74, 6) is 1.19. The second-order valence-corrected chi connectivity index (χ2v) is 7.63. The Bertz CT molecular complexity index is 954. The fourth-order valence-electron chi connectivity index (χ4n) is 3.29. The van der Waals surface area contributed by atoms with E-state index >= 15 is 0 Å². The molecule has 0 N–H and O–H groups in total. The molecule has 8 heteroatoms. The molecular formula is C20H20BrN5O2. The lowest BCUT2D eigenvalue weighted by atomic mass is 10.2. The van der Waals surface area contributed by atoms with Gasteiger partial charge in [0.05, 0.1) is 11.6 Å². The molecule has 1 aliphatic rings. The Balaban J connectivity index is 1.38. The van der Waals surface area contributed by atoms with Gasteiger partial charge in [0.15, 0.2) is 0 Å².